The first kappa shape index (κ1) is 49.0. The summed E-state index contributed by atoms with van der Waals surface area (Å²) in [6.45, 7) is 16.3. The Bertz CT molecular complexity index is 2710. The Morgan fingerprint density at radius 3 is 2.15 bits per heavy atom. The summed E-state index contributed by atoms with van der Waals surface area (Å²) in [5.41, 5.74) is 15.2. The zero-order valence-corrected chi connectivity index (χ0v) is 39.3. The highest BCUT2D eigenvalue weighted by Crippen LogP contribution is 2.33. The van der Waals surface area contributed by atoms with Gasteiger partial charge < -0.3 is 27.1 Å². The average molecular weight is 933 g/mol. The Morgan fingerprint density at radius 2 is 1.55 bits per heavy atom. The van der Waals surface area contributed by atoms with Crippen molar-refractivity contribution in [2.45, 2.75) is 102 Å². The molecule has 1 fully saturated rings. The molecule has 0 spiro atoms. The second-order valence-electron chi connectivity index (χ2n) is 18.2. The number of rotatable bonds is 13. The molecule has 13 nitrogen and oxygen atoms in total. The van der Waals surface area contributed by atoms with Gasteiger partial charge in [0.25, 0.3) is 0 Å². The number of aromatic nitrogens is 4. The molecule has 348 valence electrons. The molecule has 1 aliphatic rings. The van der Waals surface area contributed by atoms with Crippen molar-refractivity contribution in [3.8, 4) is 16.3 Å². The molecule has 4 heterocycles. The second-order valence-corrected chi connectivity index (χ2v) is 20.9. The highest BCUT2D eigenvalue weighted by atomic mass is 32.2. The maximum atomic E-state index is 13.8. The van der Waals surface area contributed by atoms with Crippen LogP contribution in [0.5, 0.6) is 0 Å². The molecule has 0 amide bonds. The van der Waals surface area contributed by atoms with Crippen molar-refractivity contribution in [1.82, 2.24) is 34.5 Å². The normalized spacial score (nSPS) is 14.1. The van der Waals surface area contributed by atoms with Gasteiger partial charge in [0, 0.05) is 52.8 Å². The van der Waals surface area contributed by atoms with Crippen LogP contribution in [0.25, 0.3) is 27.3 Å². The van der Waals surface area contributed by atoms with Gasteiger partial charge in [0.05, 0.1) is 28.4 Å². The van der Waals surface area contributed by atoms with E-state index >= 15 is 0 Å². The molecule has 0 atom stereocenters. The molecule has 1 aliphatic heterocycles. The van der Waals surface area contributed by atoms with Crippen LogP contribution in [0.1, 0.15) is 88.9 Å². The van der Waals surface area contributed by atoms with E-state index < -0.39 is 21.8 Å². The van der Waals surface area contributed by atoms with Crippen molar-refractivity contribution in [1.29, 1.82) is 0 Å². The van der Waals surface area contributed by atoms with Crippen LogP contribution in [0.3, 0.4) is 0 Å². The number of nitrogens with two attached hydrogens (primary N) is 2. The standard InChI is InChI=1S/C26H30F3N3O2S2.C21H29N7O/c1-25(2,3)19-8-10-23(11-9-19)36(33,34)32(22-12-14-30-15-13-22)16-21-17-35-24(31-21)18-4-6-20(7-5-18)26(27,28)29;1-21(2,3)17-11-15-13-28(20(29)27-18(15)26-17)16-7-5-14(6-8-16)12-24-9-4-10-25-19(22)23/h4-11,17,22,30H,12-16H2,1-3H3;5-8,11,13,24H,4,9-10,12H2,1-3H3,(H4,22,23,25)(H,26,27,29). The molecule has 0 bridgehead atoms. The number of thiazole rings is 1. The lowest BCUT2D eigenvalue weighted by Crippen LogP contribution is -2.45. The topological polar surface area (TPSA) is 189 Å². The molecular weight excluding hydrogens is 874 g/mol. The van der Waals surface area contributed by atoms with Crippen molar-refractivity contribution >= 4 is 38.4 Å². The lowest BCUT2D eigenvalue weighted by atomic mass is 9.87. The number of benzene rings is 3. The molecule has 7 N–H and O–H groups in total. The molecule has 65 heavy (non-hydrogen) atoms. The van der Waals surface area contributed by atoms with E-state index in [0.29, 0.717) is 41.3 Å². The lowest BCUT2D eigenvalue weighted by molar-refractivity contribution is -0.137. The molecule has 0 unspecified atom stereocenters. The van der Waals surface area contributed by atoms with Crippen LogP contribution in [0.4, 0.5) is 13.2 Å². The Hall–Kier alpha value is -5.40. The third-order valence-electron chi connectivity index (χ3n) is 11.0. The first-order chi connectivity index (χ1) is 30.6. The number of H-pyrrole nitrogens is 1. The van der Waals surface area contributed by atoms with Gasteiger partial charge in [0.15, 0.2) is 5.96 Å². The Morgan fingerprint density at radius 1 is 0.908 bits per heavy atom. The predicted octanol–water partition coefficient (Wildman–Crippen LogP) is 7.83. The minimum absolute atomic E-state index is 0.0352. The molecule has 7 rings (SSSR count). The lowest BCUT2D eigenvalue weighted by Gasteiger charge is -2.33. The van der Waals surface area contributed by atoms with Crippen LogP contribution in [-0.4, -0.2) is 70.4 Å². The van der Waals surface area contributed by atoms with Crippen LogP contribution in [0.15, 0.2) is 105 Å². The van der Waals surface area contributed by atoms with Gasteiger partial charge in [-0.3, -0.25) is 9.56 Å². The van der Waals surface area contributed by atoms with Crippen LogP contribution >= 0.6 is 11.3 Å². The number of alkyl halides is 3. The second kappa shape index (κ2) is 20.4. The van der Waals surface area contributed by atoms with E-state index in [4.69, 9.17) is 11.5 Å². The molecule has 18 heteroatoms. The summed E-state index contributed by atoms with van der Waals surface area (Å²) in [4.78, 5) is 28.7. The summed E-state index contributed by atoms with van der Waals surface area (Å²) in [5, 5.41) is 9.87. The molecular formula is C47H59F3N10O3S2. The number of guanidine groups is 1. The quantitative estimate of drug-likeness (QED) is 0.0437. The molecule has 3 aromatic carbocycles. The van der Waals surface area contributed by atoms with Crippen molar-refractivity contribution in [3.05, 3.63) is 129 Å². The number of hydrogen-bond donors (Lipinski definition) is 5. The molecule has 0 aliphatic carbocycles. The number of nitrogens with one attached hydrogen (secondary N) is 3. The molecule has 1 saturated heterocycles. The van der Waals surface area contributed by atoms with Gasteiger partial charge in [-0.15, -0.1) is 11.3 Å². The van der Waals surface area contributed by atoms with Crippen LogP contribution in [-0.2, 0) is 40.1 Å². The Labute approximate surface area is 382 Å². The van der Waals surface area contributed by atoms with Gasteiger partial charge in [0.2, 0.25) is 10.0 Å². The monoisotopic (exact) mass is 932 g/mol. The molecule has 0 saturated carbocycles. The third kappa shape index (κ3) is 12.9. The van der Waals surface area contributed by atoms with Crippen molar-refractivity contribution in [2.24, 2.45) is 16.5 Å². The van der Waals surface area contributed by atoms with E-state index in [0.717, 1.165) is 72.6 Å². The number of hydrogen-bond acceptors (Lipinski definition) is 9. The number of piperidine rings is 1. The summed E-state index contributed by atoms with van der Waals surface area (Å²) in [6.07, 6.45) is -0.316. The van der Waals surface area contributed by atoms with Gasteiger partial charge in [-0.05, 0) is 97.9 Å². The number of fused-ring (bicyclic) bond motifs is 1. The summed E-state index contributed by atoms with van der Waals surface area (Å²) in [7, 11) is -3.79. The van der Waals surface area contributed by atoms with Gasteiger partial charge >= 0.3 is 11.9 Å². The first-order valence-corrected chi connectivity index (χ1v) is 23.8. The maximum absolute atomic E-state index is 13.8. The van der Waals surface area contributed by atoms with Gasteiger partial charge in [-0.2, -0.15) is 22.5 Å². The van der Waals surface area contributed by atoms with Crippen LogP contribution in [0.2, 0.25) is 0 Å². The largest absolute Gasteiger partial charge is 0.416 e. The van der Waals surface area contributed by atoms with E-state index in [1.54, 1.807) is 22.1 Å². The van der Waals surface area contributed by atoms with E-state index in [1.165, 1.54) is 27.8 Å². The zero-order chi connectivity index (χ0) is 47.2. The fourth-order valence-electron chi connectivity index (χ4n) is 7.24. The van der Waals surface area contributed by atoms with Crippen LogP contribution in [0, 0.1) is 0 Å². The highest BCUT2D eigenvalue weighted by molar-refractivity contribution is 7.89. The molecule has 3 aromatic heterocycles. The average Bonchev–Trinajstić information content (AvgIpc) is 3.91. The summed E-state index contributed by atoms with van der Waals surface area (Å²) < 4.78 is 69.4. The fraction of sp³-hybridized carbons (Fsp3) is 0.404. The van der Waals surface area contributed by atoms with Crippen molar-refractivity contribution in [3.63, 3.8) is 0 Å². The first-order valence-electron chi connectivity index (χ1n) is 21.5. The smallest absolute Gasteiger partial charge is 0.370 e. The minimum Gasteiger partial charge on any atom is -0.370 e. The van der Waals surface area contributed by atoms with Crippen molar-refractivity contribution in [2.75, 3.05) is 26.2 Å². The van der Waals surface area contributed by atoms with Gasteiger partial charge in [-0.25, -0.2) is 18.2 Å². The number of aliphatic imine (C=N–C) groups is 1. The summed E-state index contributed by atoms with van der Waals surface area (Å²) in [5.74, 6) is 0.123. The number of halogens is 3. The van der Waals surface area contributed by atoms with E-state index in [9.17, 15) is 26.4 Å². The van der Waals surface area contributed by atoms with E-state index in [2.05, 4.69) is 78.2 Å². The predicted molar refractivity (Wildman–Crippen MR) is 254 cm³/mol. The van der Waals surface area contributed by atoms with Crippen LogP contribution < -0.4 is 27.8 Å². The van der Waals surface area contributed by atoms with Gasteiger partial charge in [0.1, 0.15) is 10.7 Å². The Kier molecular flexibility index (Phi) is 15.4. The third-order valence-corrected chi connectivity index (χ3v) is 13.9. The molecule has 6 aromatic rings. The van der Waals surface area contributed by atoms with Gasteiger partial charge in [-0.1, -0.05) is 77.9 Å². The Balaban J connectivity index is 0.000000221. The number of nitrogens with zero attached hydrogens (tertiary/aromatic N) is 5. The zero-order valence-electron chi connectivity index (χ0n) is 37.7. The van der Waals surface area contributed by atoms with E-state index in [-0.39, 0.29) is 40.0 Å². The maximum Gasteiger partial charge on any atom is 0.416 e. The molecule has 0 radical (unpaired) electrons. The number of aromatic amines is 1. The SMILES string of the molecule is CC(C)(C)c1cc2cn(-c3ccc(CNCCCN=C(N)N)cc3)c(=O)nc2[nH]1.CC(C)(C)c1ccc(S(=O)(=O)N(Cc2csc(-c3ccc(C(F)(F)F)cc3)n2)C2CCNCC2)cc1. The highest BCUT2D eigenvalue weighted by Gasteiger charge is 2.34. The fourth-order valence-corrected chi connectivity index (χ4v) is 9.72. The van der Waals surface area contributed by atoms with E-state index in [1.807, 2.05) is 42.6 Å². The minimum atomic E-state index is -4.40. The van der Waals surface area contributed by atoms with Crippen molar-refractivity contribution < 1.29 is 21.6 Å². The summed E-state index contributed by atoms with van der Waals surface area (Å²) in [6, 6.07) is 21.7. The summed E-state index contributed by atoms with van der Waals surface area (Å²) >= 11 is 1.29. The number of sulfonamides is 1.